The Hall–Kier alpha value is -1.27. The van der Waals surface area contributed by atoms with E-state index in [2.05, 4.69) is 14.7 Å². The fourth-order valence-electron chi connectivity index (χ4n) is 1.11. The summed E-state index contributed by atoms with van der Waals surface area (Å²) in [6.07, 6.45) is 1.74. The van der Waals surface area contributed by atoms with E-state index in [-0.39, 0.29) is 5.97 Å². The van der Waals surface area contributed by atoms with E-state index in [9.17, 15) is 4.79 Å². The molecule has 0 amide bonds. The number of esters is 1. The van der Waals surface area contributed by atoms with E-state index >= 15 is 0 Å². The Morgan fingerprint density at radius 1 is 1.53 bits per heavy atom. The number of rotatable bonds is 2. The molecule has 0 aliphatic heterocycles. The van der Waals surface area contributed by atoms with E-state index in [1.807, 2.05) is 6.92 Å². The molecule has 4 nitrogen and oxygen atoms in total. The highest BCUT2D eigenvalue weighted by Gasteiger charge is 2.16. The first-order valence-electron chi connectivity index (χ1n) is 4.17. The number of hydrogen-bond acceptors (Lipinski definition) is 6. The van der Waals surface area contributed by atoms with Crippen molar-refractivity contribution in [1.29, 1.82) is 0 Å². The molecule has 0 radical (unpaired) electrons. The van der Waals surface area contributed by atoms with Crippen LogP contribution in [0.15, 0.2) is 11.7 Å². The van der Waals surface area contributed by atoms with E-state index in [4.69, 9.17) is 0 Å². The van der Waals surface area contributed by atoms with Crippen molar-refractivity contribution in [3.8, 4) is 9.88 Å². The van der Waals surface area contributed by atoms with E-state index < -0.39 is 0 Å². The standard InChI is InChI=1S/C9H8N2O2S2/c1-5-7(9(12)13-2)11-8(15-5)6-3-10-4-14-6/h3-4H,1-2H3. The number of carbonyl (C=O) groups excluding carboxylic acids is 1. The predicted molar refractivity (Wildman–Crippen MR) is 59.3 cm³/mol. The zero-order valence-corrected chi connectivity index (χ0v) is 9.82. The quantitative estimate of drug-likeness (QED) is 0.756. The molecule has 2 aromatic rings. The van der Waals surface area contributed by atoms with Crippen LogP contribution in [0, 0.1) is 6.92 Å². The largest absolute Gasteiger partial charge is 0.464 e. The summed E-state index contributed by atoms with van der Waals surface area (Å²) in [5, 5.41) is 0.815. The van der Waals surface area contributed by atoms with Crippen molar-refractivity contribution in [2.24, 2.45) is 0 Å². The molecule has 0 atom stereocenters. The molecule has 78 valence electrons. The number of carbonyl (C=O) groups is 1. The van der Waals surface area contributed by atoms with Crippen LogP contribution in [0.1, 0.15) is 15.4 Å². The van der Waals surface area contributed by atoms with Crippen LogP contribution in [-0.4, -0.2) is 23.0 Å². The topological polar surface area (TPSA) is 52.1 Å². The van der Waals surface area contributed by atoms with Gasteiger partial charge in [0.15, 0.2) is 5.69 Å². The minimum atomic E-state index is -0.389. The van der Waals surface area contributed by atoms with Crippen molar-refractivity contribution in [3.05, 3.63) is 22.3 Å². The van der Waals surface area contributed by atoms with Crippen molar-refractivity contribution in [3.63, 3.8) is 0 Å². The molecule has 0 unspecified atom stereocenters. The number of aromatic nitrogens is 2. The predicted octanol–water partition coefficient (Wildman–Crippen LogP) is 2.36. The molecule has 0 spiro atoms. The van der Waals surface area contributed by atoms with E-state index in [0.717, 1.165) is 14.8 Å². The summed E-state index contributed by atoms with van der Waals surface area (Å²) >= 11 is 2.98. The van der Waals surface area contributed by atoms with Gasteiger partial charge in [-0.3, -0.25) is 4.98 Å². The lowest BCUT2D eigenvalue weighted by atomic mass is 10.4. The number of thiazole rings is 2. The second-order valence-corrected chi connectivity index (χ2v) is 4.87. The van der Waals surface area contributed by atoms with Crippen LogP contribution in [0.2, 0.25) is 0 Å². The summed E-state index contributed by atoms with van der Waals surface area (Å²) in [4.78, 5) is 21.4. The molecule has 2 heterocycles. The third kappa shape index (κ3) is 1.91. The second-order valence-electron chi connectivity index (χ2n) is 2.78. The average molecular weight is 240 g/mol. The van der Waals surface area contributed by atoms with Crippen molar-refractivity contribution in [1.82, 2.24) is 9.97 Å². The van der Waals surface area contributed by atoms with Crippen molar-refractivity contribution < 1.29 is 9.53 Å². The molecule has 15 heavy (non-hydrogen) atoms. The Kier molecular flexibility index (Phi) is 2.79. The van der Waals surface area contributed by atoms with Gasteiger partial charge in [-0.25, -0.2) is 9.78 Å². The van der Waals surface area contributed by atoms with Gasteiger partial charge in [0.1, 0.15) is 5.01 Å². The monoisotopic (exact) mass is 240 g/mol. The fraction of sp³-hybridized carbons (Fsp3) is 0.222. The Balaban J connectivity index is 2.41. The molecule has 6 heteroatoms. The van der Waals surface area contributed by atoms with E-state index in [1.165, 1.54) is 29.8 Å². The zero-order valence-electron chi connectivity index (χ0n) is 8.18. The molecular weight excluding hydrogens is 232 g/mol. The molecule has 0 aliphatic carbocycles. The minimum absolute atomic E-state index is 0.389. The van der Waals surface area contributed by atoms with Crippen LogP contribution in [0.5, 0.6) is 0 Å². The number of ether oxygens (including phenoxy) is 1. The lowest BCUT2D eigenvalue weighted by molar-refractivity contribution is 0.0594. The van der Waals surface area contributed by atoms with Gasteiger partial charge in [0, 0.05) is 11.1 Å². The van der Waals surface area contributed by atoms with Crippen LogP contribution in [-0.2, 0) is 4.74 Å². The molecule has 0 saturated heterocycles. The maximum absolute atomic E-state index is 11.3. The zero-order chi connectivity index (χ0) is 10.8. The van der Waals surface area contributed by atoms with Crippen molar-refractivity contribution >= 4 is 28.6 Å². The second kappa shape index (κ2) is 4.08. The Morgan fingerprint density at radius 2 is 2.33 bits per heavy atom. The van der Waals surface area contributed by atoms with Gasteiger partial charge < -0.3 is 4.74 Å². The lowest BCUT2D eigenvalue weighted by Gasteiger charge is -1.93. The molecule has 2 rings (SSSR count). The maximum Gasteiger partial charge on any atom is 0.357 e. The van der Waals surface area contributed by atoms with Crippen LogP contribution in [0.25, 0.3) is 9.88 Å². The highest BCUT2D eigenvalue weighted by atomic mass is 32.1. The van der Waals surface area contributed by atoms with Gasteiger partial charge in [-0.1, -0.05) is 0 Å². The molecule has 0 N–H and O–H groups in total. The smallest absolute Gasteiger partial charge is 0.357 e. The SMILES string of the molecule is COC(=O)c1nc(-c2cncs2)sc1C. The van der Waals surface area contributed by atoms with Gasteiger partial charge in [0.05, 0.1) is 17.5 Å². The van der Waals surface area contributed by atoms with Crippen LogP contribution in [0.3, 0.4) is 0 Å². The summed E-state index contributed by atoms with van der Waals surface area (Å²) in [6, 6.07) is 0. The summed E-state index contributed by atoms with van der Waals surface area (Å²) in [7, 11) is 1.35. The average Bonchev–Trinajstić information content (AvgIpc) is 2.84. The highest BCUT2D eigenvalue weighted by molar-refractivity contribution is 7.20. The first kappa shape index (κ1) is 10.3. The minimum Gasteiger partial charge on any atom is -0.464 e. The normalized spacial score (nSPS) is 10.3. The van der Waals surface area contributed by atoms with Gasteiger partial charge in [-0.15, -0.1) is 22.7 Å². The summed E-state index contributed by atoms with van der Waals surface area (Å²) < 4.78 is 4.64. The molecule has 0 bridgehead atoms. The van der Waals surface area contributed by atoms with Crippen molar-refractivity contribution in [2.45, 2.75) is 6.92 Å². The lowest BCUT2D eigenvalue weighted by Crippen LogP contribution is -2.02. The molecule has 0 saturated carbocycles. The summed E-state index contributed by atoms with van der Waals surface area (Å²) in [5.41, 5.74) is 2.13. The van der Waals surface area contributed by atoms with E-state index in [0.29, 0.717) is 5.69 Å². The van der Waals surface area contributed by atoms with Gasteiger partial charge >= 0.3 is 5.97 Å². The van der Waals surface area contributed by atoms with E-state index in [1.54, 1.807) is 11.7 Å². The van der Waals surface area contributed by atoms with Crippen LogP contribution >= 0.6 is 22.7 Å². The fourth-order valence-corrected chi connectivity index (χ4v) is 2.69. The Labute approximate surface area is 94.6 Å². The molecule has 0 aromatic carbocycles. The van der Waals surface area contributed by atoms with Gasteiger partial charge in [0.25, 0.3) is 0 Å². The van der Waals surface area contributed by atoms with Gasteiger partial charge in [0.2, 0.25) is 0 Å². The number of aryl methyl sites for hydroxylation is 1. The molecule has 2 aromatic heterocycles. The summed E-state index contributed by atoms with van der Waals surface area (Å²) in [5.74, 6) is -0.389. The Bertz CT molecular complexity index is 476. The van der Waals surface area contributed by atoms with Gasteiger partial charge in [-0.05, 0) is 6.92 Å². The first-order chi connectivity index (χ1) is 7.22. The number of hydrogen-bond donors (Lipinski definition) is 0. The van der Waals surface area contributed by atoms with Gasteiger partial charge in [-0.2, -0.15) is 0 Å². The third-order valence-corrected chi connectivity index (χ3v) is 3.73. The number of methoxy groups -OCH3 is 1. The Morgan fingerprint density at radius 3 is 2.93 bits per heavy atom. The van der Waals surface area contributed by atoms with Crippen LogP contribution < -0.4 is 0 Å². The first-order valence-corrected chi connectivity index (χ1v) is 5.86. The molecule has 0 aliphatic rings. The maximum atomic E-state index is 11.3. The molecular formula is C9H8N2O2S2. The summed E-state index contributed by atoms with van der Waals surface area (Å²) in [6.45, 7) is 1.86. The highest BCUT2D eigenvalue weighted by Crippen LogP contribution is 2.30. The third-order valence-electron chi connectivity index (χ3n) is 1.82. The molecule has 0 fully saturated rings. The number of nitrogens with zero attached hydrogens (tertiary/aromatic N) is 2. The van der Waals surface area contributed by atoms with Crippen molar-refractivity contribution in [2.75, 3.05) is 7.11 Å². The van der Waals surface area contributed by atoms with Crippen LogP contribution in [0.4, 0.5) is 0 Å².